The fraction of sp³-hybridized carbons (Fsp3) is 0.704. The van der Waals surface area contributed by atoms with E-state index in [-0.39, 0.29) is 23.9 Å². The highest BCUT2D eigenvalue weighted by molar-refractivity contribution is 7.99. The van der Waals surface area contributed by atoms with E-state index in [1.165, 1.54) is 0 Å². The molecule has 204 valence electrons. The second kappa shape index (κ2) is 12.6. The van der Waals surface area contributed by atoms with Crippen LogP contribution in [0.5, 0.6) is 0 Å². The SMILES string of the molecule is COC(C)C1=C(C)NC(C)=C(C(=O)OCCSCCOC(C)(O)C2(C)CC(C(C)=O)=C(C)NC2C)C1. The number of ether oxygens (including phenoxy) is 3. The number of nitrogens with one attached hydrogen (secondary N) is 2. The molecule has 0 saturated heterocycles. The number of esters is 1. The third-order valence-electron chi connectivity index (χ3n) is 7.71. The first-order chi connectivity index (χ1) is 16.7. The number of allylic oxidation sites excluding steroid dienone is 4. The van der Waals surface area contributed by atoms with Gasteiger partial charge in [0.2, 0.25) is 0 Å². The van der Waals surface area contributed by atoms with Gasteiger partial charge < -0.3 is 30.0 Å². The predicted octanol–water partition coefficient (Wildman–Crippen LogP) is 3.82. The van der Waals surface area contributed by atoms with Crippen molar-refractivity contribution >= 4 is 23.5 Å². The zero-order valence-corrected chi connectivity index (χ0v) is 24.1. The van der Waals surface area contributed by atoms with Crippen LogP contribution in [0.2, 0.25) is 0 Å². The van der Waals surface area contributed by atoms with Crippen LogP contribution < -0.4 is 10.6 Å². The molecule has 2 aliphatic rings. The van der Waals surface area contributed by atoms with Crippen LogP contribution in [-0.2, 0) is 23.8 Å². The van der Waals surface area contributed by atoms with Gasteiger partial charge in [0.25, 0.3) is 0 Å². The van der Waals surface area contributed by atoms with Crippen molar-refractivity contribution in [3.63, 3.8) is 0 Å². The van der Waals surface area contributed by atoms with Crippen LogP contribution >= 0.6 is 11.8 Å². The molecule has 4 atom stereocenters. The predicted molar refractivity (Wildman–Crippen MR) is 143 cm³/mol. The number of carbonyl (C=O) groups is 2. The van der Waals surface area contributed by atoms with Gasteiger partial charge in [-0.05, 0) is 60.5 Å². The fourth-order valence-electron chi connectivity index (χ4n) is 4.73. The Labute approximate surface area is 220 Å². The van der Waals surface area contributed by atoms with Crippen LogP contribution in [0.4, 0.5) is 0 Å². The first kappa shape index (κ1) is 30.4. The lowest BCUT2D eigenvalue weighted by atomic mass is 9.68. The number of dihydropyridines is 1. The molecule has 0 aromatic heterocycles. The van der Waals surface area contributed by atoms with Crippen LogP contribution in [-0.4, -0.2) is 66.6 Å². The minimum absolute atomic E-state index is 0.00424. The summed E-state index contributed by atoms with van der Waals surface area (Å²) < 4.78 is 16.9. The summed E-state index contributed by atoms with van der Waals surface area (Å²) in [5, 5.41) is 17.8. The number of ketones is 1. The normalized spacial score (nSPS) is 25.2. The summed E-state index contributed by atoms with van der Waals surface area (Å²) >= 11 is 1.59. The molecule has 0 fully saturated rings. The molecule has 2 rings (SSSR count). The summed E-state index contributed by atoms with van der Waals surface area (Å²) in [7, 11) is 1.66. The van der Waals surface area contributed by atoms with Crippen molar-refractivity contribution in [1.82, 2.24) is 10.6 Å². The highest BCUT2D eigenvalue weighted by atomic mass is 32.2. The number of carbonyl (C=O) groups excluding carboxylic acids is 2. The summed E-state index contributed by atoms with van der Waals surface area (Å²) in [5.74, 6) is -0.470. The molecule has 0 aromatic rings. The first-order valence-corrected chi connectivity index (χ1v) is 13.7. The lowest BCUT2D eigenvalue weighted by Gasteiger charge is -2.49. The molecule has 0 amide bonds. The highest BCUT2D eigenvalue weighted by Crippen LogP contribution is 2.44. The maximum atomic E-state index is 12.6. The van der Waals surface area contributed by atoms with Crippen molar-refractivity contribution in [1.29, 1.82) is 0 Å². The van der Waals surface area contributed by atoms with Crippen molar-refractivity contribution in [2.45, 2.75) is 86.2 Å². The largest absolute Gasteiger partial charge is 0.461 e. The van der Waals surface area contributed by atoms with E-state index in [1.54, 1.807) is 32.7 Å². The molecule has 2 aliphatic heterocycles. The second-order valence-electron chi connectivity index (χ2n) is 10.1. The summed E-state index contributed by atoms with van der Waals surface area (Å²) in [6.07, 6.45) is 0.882. The van der Waals surface area contributed by atoms with Gasteiger partial charge in [0.1, 0.15) is 6.61 Å². The van der Waals surface area contributed by atoms with E-state index in [0.29, 0.717) is 48.7 Å². The Morgan fingerprint density at radius 1 is 1.17 bits per heavy atom. The molecular formula is C27H44N2O6S. The van der Waals surface area contributed by atoms with Gasteiger partial charge in [-0.1, -0.05) is 6.92 Å². The van der Waals surface area contributed by atoms with Gasteiger partial charge in [-0.2, -0.15) is 11.8 Å². The Kier molecular flexibility index (Phi) is 10.7. The Morgan fingerprint density at radius 3 is 2.42 bits per heavy atom. The minimum atomic E-state index is -1.42. The monoisotopic (exact) mass is 524 g/mol. The Hall–Kier alpha value is -1.81. The number of methoxy groups -OCH3 is 1. The van der Waals surface area contributed by atoms with E-state index < -0.39 is 11.2 Å². The van der Waals surface area contributed by atoms with Gasteiger partial charge in [-0.15, -0.1) is 0 Å². The third kappa shape index (κ3) is 6.94. The molecule has 0 aliphatic carbocycles. The van der Waals surface area contributed by atoms with Gasteiger partial charge >= 0.3 is 5.97 Å². The summed E-state index contributed by atoms with van der Waals surface area (Å²) in [6, 6.07) is -0.0688. The van der Waals surface area contributed by atoms with Crippen LogP contribution in [0.1, 0.15) is 68.2 Å². The van der Waals surface area contributed by atoms with E-state index in [2.05, 4.69) is 10.6 Å². The van der Waals surface area contributed by atoms with E-state index >= 15 is 0 Å². The average molecular weight is 525 g/mol. The average Bonchev–Trinajstić information content (AvgIpc) is 2.79. The number of Topliss-reactive ketones (excluding diaryl/α,β-unsaturated/α-hetero) is 1. The van der Waals surface area contributed by atoms with Gasteiger partial charge in [0.15, 0.2) is 11.6 Å². The maximum Gasteiger partial charge on any atom is 0.336 e. The lowest BCUT2D eigenvalue weighted by molar-refractivity contribution is -0.262. The zero-order valence-electron chi connectivity index (χ0n) is 23.3. The molecule has 2 heterocycles. The summed E-state index contributed by atoms with van der Waals surface area (Å²) in [6.45, 7) is 15.5. The fourth-order valence-corrected chi connectivity index (χ4v) is 5.34. The van der Waals surface area contributed by atoms with Crippen molar-refractivity contribution in [3.05, 3.63) is 33.8 Å². The van der Waals surface area contributed by atoms with E-state index in [9.17, 15) is 14.7 Å². The number of hydrogen-bond acceptors (Lipinski definition) is 9. The molecule has 8 nitrogen and oxygen atoms in total. The maximum absolute atomic E-state index is 12.6. The molecule has 3 N–H and O–H groups in total. The van der Waals surface area contributed by atoms with Crippen molar-refractivity contribution in [2.24, 2.45) is 5.41 Å². The molecule has 0 aromatic carbocycles. The van der Waals surface area contributed by atoms with E-state index in [4.69, 9.17) is 14.2 Å². The quantitative estimate of drug-likeness (QED) is 0.200. The number of aliphatic hydroxyl groups is 1. The lowest BCUT2D eigenvalue weighted by Crippen LogP contribution is -2.59. The molecule has 0 saturated carbocycles. The summed E-state index contributed by atoms with van der Waals surface area (Å²) in [5.41, 5.74) is 4.39. The van der Waals surface area contributed by atoms with Crippen molar-refractivity contribution in [3.8, 4) is 0 Å². The van der Waals surface area contributed by atoms with Crippen LogP contribution in [0.25, 0.3) is 0 Å². The highest BCUT2D eigenvalue weighted by Gasteiger charge is 2.51. The zero-order chi connectivity index (χ0) is 27.3. The molecule has 0 bridgehead atoms. The Bertz CT molecular complexity index is 939. The number of rotatable bonds is 12. The topological polar surface area (TPSA) is 106 Å². The van der Waals surface area contributed by atoms with Crippen LogP contribution in [0.3, 0.4) is 0 Å². The molecule has 36 heavy (non-hydrogen) atoms. The molecule has 4 unspecified atom stereocenters. The number of hydrogen-bond donors (Lipinski definition) is 3. The Morgan fingerprint density at radius 2 is 1.81 bits per heavy atom. The molecule has 9 heteroatoms. The Balaban J connectivity index is 1.78. The van der Waals surface area contributed by atoms with E-state index in [0.717, 1.165) is 22.7 Å². The van der Waals surface area contributed by atoms with Crippen LogP contribution in [0, 0.1) is 5.41 Å². The molecule has 0 radical (unpaired) electrons. The first-order valence-electron chi connectivity index (χ1n) is 12.5. The molecular weight excluding hydrogens is 480 g/mol. The van der Waals surface area contributed by atoms with Crippen molar-refractivity contribution < 1.29 is 28.9 Å². The van der Waals surface area contributed by atoms with E-state index in [1.807, 2.05) is 41.5 Å². The van der Waals surface area contributed by atoms with Crippen molar-refractivity contribution in [2.75, 3.05) is 31.8 Å². The smallest absolute Gasteiger partial charge is 0.336 e. The van der Waals surface area contributed by atoms with Gasteiger partial charge in [0.05, 0.1) is 18.3 Å². The second-order valence-corrected chi connectivity index (χ2v) is 11.4. The number of thioether (sulfide) groups is 1. The minimum Gasteiger partial charge on any atom is -0.461 e. The standard InChI is InChI=1S/C27H44N2O6S/c1-16-22(20(5)33-9)14-23(17(2)28-16)25(31)34-10-12-36-13-11-35-27(8,32)26(7)15-24(19(4)30)18(3)29-21(26)6/h20-21,28-29,32H,10-15H2,1-9H3. The van der Waals surface area contributed by atoms with Crippen LogP contribution in [0.15, 0.2) is 33.8 Å². The third-order valence-corrected chi connectivity index (χ3v) is 8.62. The van der Waals surface area contributed by atoms with Gasteiger partial charge in [-0.3, -0.25) is 4.79 Å². The summed E-state index contributed by atoms with van der Waals surface area (Å²) in [4.78, 5) is 24.7. The van der Waals surface area contributed by atoms with Gasteiger partial charge in [0, 0.05) is 59.2 Å². The van der Waals surface area contributed by atoms with Gasteiger partial charge in [-0.25, -0.2) is 4.79 Å². The molecule has 0 spiro atoms.